The summed E-state index contributed by atoms with van der Waals surface area (Å²) in [4.78, 5) is 4.55. The van der Waals surface area contributed by atoms with Crippen molar-refractivity contribution in [2.75, 3.05) is 0 Å². The first-order valence-corrected chi connectivity index (χ1v) is 5.89. The Balaban J connectivity index is 2.49. The number of para-hydroxylation sites is 1. The molecule has 0 radical (unpaired) electrons. The van der Waals surface area contributed by atoms with Crippen molar-refractivity contribution in [2.24, 2.45) is 10.8 Å². The van der Waals surface area contributed by atoms with Gasteiger partial charge < -0.3 is 5.43 Å². The van der Waals surface area contributed by atoms with E-state index in [0.29, 0.717) is 5.84 Å². The topological polar surface area (TPSA) is 50.4 Å². The number of hydrogen-bond acceptors (Lipinski definition) is 2. The van der Waals surface area contributed by atoms with Crippen LogP contribution in [0.4, 0.5) is 5.69 Å². The molecule has 3 N–H and O–H groups in total. The molecule has 0 spiro atoms. The molecule has 0 aliphatic carbocycles. The zero-order valence-electron chi connectivity index (χ0n) is 10.6. The molecule has 2 aromatic rings. The maximum atomic E-state index is 5.61. The van der Waals surface area contributed by atoms with Crippen LogP contribution in [0.1, 0.15) is 16.7 Å². The first-order valence-electron chi connectivity index (χ1n) is 5.89. The maximum Gasteiger partial charge on any atom is 0.148 e. The molecule has 0 fully saturated rings. The van der Waals surface area contributed by atoms with Gasteiger partial charge in [-0.15, -0.1) is 0 Å². The number of nitrogens with zero attached hydrogens (tertiary/aromatic N) is 1. The molecule has 0 aliphatic heterocycles. The Kier molecular flexibility index (Phi) is 3.75. The first kappa shape index (κ1) is 12.3. The van der Waals surface area contributed by atoms with E-state index < -0.39 is 0 Å². The summed E-state index contributed by atoms with van der Waals surface area (Å²) < 4.78 is 0. The van der Waals surface area contributed by atoms with Crippen molar-refractivity contribution in [3.05, 3.63) is 65.2 Å². The number of hydrogen-bond donors (Lipinski definition) is 2. The lowest BCUT2D eigenvalue weighted by Gasteiger charge is -2.12. The van der Waals surface area contributed by atoms with Crippen LogP contribution in [0.15, 0.2) is 53.5 Å². The van der Waals surface area contributed by atoms with Crippen LogP contribution in [0.2, 0.25) is 0 Å². The average molecular weight is 239 g/mol. The maximum absolute atomic E-state index is 5.61. The van der Waals surface area contributed by atoms with Crippen molar-refractivity contribution < 1.29 is 0 Å². The Morgan fingerprint density at radius 2 is 1.56 bits per heavy atom. The average Bonchev–Trinajstić information content (AvgIpc) is 2.38. The van der Waals surface area contributed by atoms with Gasteiger partial charge in [-0.1, -0.05) is 36.4 Å². The van der Waals surface area contributed by atoms with Crippen molar-refractivity contribution in [1.82, 2.24) is 5.43 Å². The second-order valence-electron chi connectivity index (χ2n) is 4.21. The highest BCUT2D eigenvalue weighted by atomic mass is 15.2. The molecule has 18 heavy (non-hydrogen) atoms. The number of amidine groups is 1. The van der Waals surface area contributed by atoms with E-state index in [9.17, 15) is 0 Å². The molecule has 0 heterocycles. The minimum Gasteiger partial charge on any atom is -0.308 e. The van der Waals surface area contributed by atoms with Crippen LogP contribution < -0.4 is 11.3 Å². The molecule has 0 unspecified atom stereocenters. The molecule has 3 nitrogen and oxygen atoms in total. The van der Waals surface area contributed by atoms with E-state index in [-0.39, 0.29) is 0 Å². The minimum atomic E-state index is 0.691. The third-order valence-electron chi connectivity index (χ3n) is 2.85. The summed E-state index contributed by atoms with van der Waals surface area (Å²) in [6, 6.07) is 15.9. The first-order chi connectivity index (χ1) is 8.72. The number of aliphatic imine (C=N–C) groups is 1. The Bertz CT molecular complexity index is 539. The number of rotatable bonds is 2. The summed E-state index contributed by atoms with van der Waals surface area (Å²) in [7, 11) is 0. The van der Waals surface area contributed by atoms with Gasteiger partial charge in [-0.2, -0.15) is 0 Å². The van der Waals surface area contributed by atoms with Crippen LogP contribution in [0, 0.1) is 13.8 Å². The summed E-state index contributed by atoms with van der Waals surface area (Å²) in [5.74, 6) is 6.30. The lowest BCUT2D eigenvalue weighted by Crippen LogP contribution is -2.32. The van der Waals surface area contributed by atoms with Crippen LogP contribution in [-0.4, -0.2) is 5.84 Å². The molecule has 92 valence electrons. The van der Waals surface area contributed by atoms with Crippen molar-refractivity contribution >= 4 is 11.5 Å². The normalized spacial score (nSPS) is 11.4. The van der Waals surface area contributed by atoms with E-state index in [0.717, 1.165) is 22.4 Å². The fourth-order valence-corrected chi connectivity index (χ4v) is 1.98. The summed E-state index contributed by atoms with van der Waals surface area (Å²) in [5, 5.41) is 0. The molecule has 3 heteroatoms. The number of benzene rings is 2. The van der Waals surface area contributed by atoms with Crippen LogP contribution in [0.25, 0.3) is 0 Å². The van der Waals surface area contributed by atoms with Gasteiger partial charge in [0.15, 0.2) is 0 Å². The molecule has 0 saturated carbocycles. The molecule has 0 atom stereocenters. The van der Waals surface area contributed by atoms with E-state index in [4.69, 9.17) is 5.84 Å². The zero-order valence-corrected chi connectivity index (χ0v) is 10.6. The third kappa shape index (κ3) is 2.57. The van der Waals surface area contributed by atoms with Gasteiger partial charge in [-0.05, 0) is 37.1 Å². The zero-order chi connectivity index (χ0) is 13.0. The minimum absolute atomic E-state index is 0.691. The van der Waals surface area contributed by atoms with E-state index in [1.807, 2.05) is 36.4 Å². The summed E-state index contributed by atoms with van der Waals surface area (Å²) in [6.45, 7) is 4.11. The number of aryl methyl sites for hydroxylation is 2. The third-order valence-corrected chi connectivity index (χ3v) is 2.85. The van der Waals surface area contributed by atoms with Crippen LogP contribution in [0.5, 0.6) is 0 Å². The van der Waals surface area contributed by atoms with Crippen molar-refractivity contribution in [3.63, 3.8) is 0 Å². The molecule has 0 saturated heterocycles. The van der Waals surface area contributed by atoms with Crippen molar-refractivity contribution in [2.45, 2.75) is 13.8 Å². The highest BCUT2D eigenvalue weighted by molar-refractivity contribution is 6.02. The quantitative estimate of drug-likeness (QED) is 0.366. The molecule has 0 aliphatic rings. The fourth-order valence-electron chi connectivity index (χ4n) is 1.98. The fraction of sp³-hybridized carbons (Fsp3) is 0.133. The van der Waals surface area contributed by atoms with Crippen molar-refractivity contribution in [1.29, 1.82) is 0 Å². The lowest BCUT2D eigenvalue weighted by atomic mass is 10.0. The van der Waals surface area contributed by atoms with E-state index >= 15 is 0 Å². The Morgan fingerprint density at radius 3 is 2.11 bits per heavy atom. The summed E-state index contributed by atoms with van der Waals surface area (Å²) in [5.41, 5.74) is 6.95. The van der Waals surface area contributed by atoms with Gasteiger partial charge in [0, 0.05) is 5.56 Å². The highest BCUT2D eigenvalue weighted by Crippen LogP contribution is 2.17. The second kappa shape index (κ2) is 5.47. The van der Waals surface area contributed by atoms with Crippen molar-refractivity contribution in [3.8, 4) is 0 Å². The second-order valence-corrected chi connectivity index (χ2v) is 4.21. The van der Waals surface area contributed by atoms with Gasteiger partial charge >= 0.3 is 0 Å². The van der Waals surface area contributed by atoms with Crippen LogP contribution in [0.3, 0.4) is 0 Å². The van der Waals surface area contributed by atoms with E-state index in [2.05, 4.69) is 36.4 Å². The number of hydrazine groups is 1. The SMILES string of the molecule is Cc1cccc(C)c1C(=Nc1ccccc1)NN. The molecule has 0 aromatic heterocycles. The van der Waals surface area contributed by atoms with E-state index in [1.54, 1.807) is 0 Å². The Hall–Kier alpha value is -2.13. The standard InChI is InChI=1S/C15H17N3/c1-11-7-6-8-12(2)14(11)15(18-16)17-13-9-4-3-5-10-13/h3-10H,16H2,1-2H3,(H,17,18). The Morgan fingerprint density at radius 1 is 0.944 bits per heavy atom. The highest BCUT2D eigenvalue weighted by Gasteiger charge is 2.08. The van der Waals surface area contributed by atoms with Crippen LogP contribution >= 0.6 is 0 Å². The summed E-state index contributed by atoms with van der Waals surface area (Å²) in [6.07, 6.45) is 0. The molecule has 2 aromatic carbocycles. The molecule has 0 amide bonds. The monoisotopic (exact) mass is 239 g/mol. The molecule has 2 rings (SSSR count). The van der Waals surface area contributed by atoms with E-state index in [1.165, 1.54) is 0 Å². The van der Waals surface area contributed by atoms with Gasteiger partial charge in [0.2, 0.25) is 0 Å². The predicted molar refractivity (Wildman–Crippen MR) is 75.9 cm³/mol. The number of nitrogens with two attached hydrogens (primary N) is 1. The molecule has 0 bridgehead atoms. The molecular weight excluding hydrogens is 222 g/mol. The van der Waals surface area contributed by atoms with Gasteiger partial charge in [-0.3, -0.25) is 0 Å². The van der Waals surface area contributed by atoms with Crippen LogP contribution in [-0.2, 0) is 0 Å². The smallest absolute Gasteiger partial charge is 0.148 e. The summed E-state index contributed by atoms with van der Waals surface area (Å²) >= 11 is 0. The number of nitrogens with one attached hydrogen (secondary N) is 1. The molecular formula is C15H17N3. The van der Waals surface area contributed by atoms with Gasteiger partial charge in [0.25, 0.3) is 0 Å². The van der Waals surface area contributed by atoms with Gasteiger partial charge in [0.05, 0.1) is 5.69 Å². The Labute approximate surface area is 107 Å². The largest absolute Gasteiger partial charge is 0.308 e. The lowest BCUT2D eigenvalue weighted by molar-refractivity contribution is 1.02. The van der Waals surface area contributed by atoms with Gasteiger partial charge in [-0.25, -0.2) is 10.8 Å². The van der Waals surface area contributed by atoms with Gasteiger partial charge in [0.1, 0.15) is 5.84 Å². The predicted octanol–water partition coefficient (Wildman–Crippen LogP) is 2.85.